The zero-order valence-electron chi connectivity index (χ0n) is 9.64. The van der Waals surface area contributed by atoms with Crippen molar-refractivity contribution in [3.63, 3.8) is 0 Å². The molecule has 2 rings (SSSR count). The first-order chi connectivity index (χ1) is 8.61. The van der Waals surface area contributed by atoms with Crippen molar-refractivity contribution in [3.05, 3.63) is 47.5 Å². The number of carbonyl (C=O) groups is 1. The van der Waals surface area contributed by atoms with Gasteiger partial charge in [-0.25, -0.2) is 20.2 Å². The highest BCUT2D eigenvalue weighted by molar-refractivity contribution is 5.94. The quantitative estimate of drug-likeness (QED) is 0.474. The van der Waals surface area contributed by atoms with E-state index < -0.39 is 5.91 Å². The number of nitrogens with zero attached hydrogens (tertiary/aromatic N) is 2. The van der Waals surface area contributed by atoms with E-state index in [9.17, 15) is 9.18 Å². The number of benzene rings is 1. The summed E-state index contributed by atoms with van der Waals surface area (Å²) in [5.74, 6) is 4.70. The number of hydrazine groups is 1. The Labute approximate surface area is 103 Å². The van der Waals surface area contributed by atoms with Crippen molar-refractivity contribution >= 4 is 5.91 Å². The number of carbonyl (C=O) groups excluding carboxylic acids is 1. The summed E-state index contributed by atoms with van der Waals surface area (Å²) in [6, 6.07) is 5.81. The van der Waals surface area contributed by atoms with Crippen LogP contribution in [0.3, 0.4) is 0 Å². The molecule has 2 aromatic rings. The molecule has 0 saturated heterocycles. The fourth-order valence-corrected chi connectivity index (χ4v) is 1.51. The second kappa shape index (κ2) is 4.89. The first kappa shape index (κ1) is 12.1. The highest BCUT2D eigenvalue weighted by Crippen LogP contribution is 2.16. The molecular weight excluding hydrogens is 235 g/mol. The molecule has 0 aliphatic carbocycles. The van der Waals surface area contributed by atoms with Crippen LogP contribution in [0, 0.1) is 12.7 Å². The van der Waals surface area contributed by atoms with Gasteiger partial charge in [0, 0.05) is 11.8 Å². The predicted octanol–water partition coefficient (Wildman–Crippen LogP) is 1.19. The van der Waals surface area contributed by atoms with E-state index in [1.807, 2.05) is 5.43 Å². The van der Waals surface area contributed by atoms with Gasteiger partial charge in [0.25, 0.3) is 5.91 Å². The molecule has 0 spiro atoms. The zero-order valence-corrected chi connectivity index (χ0v) is 9.64. The second-order valence-electron chi connectivity index (χ2n) is 3.67. The molecular formula is C12H11FN4O. The molecule has 0 unspecified atom stereocenters. The van der Waals surface area contributed by atoms with Crippen LogP contribution >= 0.6 is 0 Å². The maximum absolute atomic E-state index is 12.8. The average molecular weight is 246 g/mol. The van der Waals surface area contributed by atoms with Gasteiger partial charge in [0.2, 0.25) is 0 Å². The summed E-state index contributed by atoms with van der Waals surface area (Å²) in [6.45, 7) is 1.68. The molecule has 1 aromatic carbocycles. The molecule has 1 aromatic heterocycles. The number of rotatable bonds is 2. The molecule has 0 aliphatic rings. The number of aryl methyl sites for hydroxylation is 1. The maximum atomic E-state index is 12.8. The molecule has 6 heteroatoms. The molecule has 0 bridgehead atoms. The van der Waals surface area contributed by atoms with E-state index in [0.717, 1.165) is 0 Å². The van der Waals surface area contributed by atoms with E-state index in [1.54, 1.807) is 19.1 Å². The van der Waals surface area contributed by atoms with Crippen molar-refractivity contribution in [1.29, 1.82) is 0 Å². The molecule has 0 atom stereocenters. The van der Waals surface area contributed by atoms with Crippen molar-refractivity contribution in [3.8, 4) is 11.4 Å². The number of nitrogen functional groups attached to an aromatic ring is 1. The number of halogens is 1. The van der Waals surface area contributed by atoms with Gasteiger partial charge >= 0.3 is 0 Å². The first-order valence-electron chi connectivity index (χ1n) is 5.22. The van der Waals surface area contributed by atoms with E-state index in [1.165, 1.54) is 18.3 Å². The van der Waals surface area contributed by atoms with Crippen molar-refractivity contribution in [2.45, 2.75) is 6.92 Å². The van der Waals surface area contributed by atoms with Crippen molar-refractivity contribution < 1.29 is 9.18 Å². The predicted molar refractivity (Wildman–Crippen MR) is 63.8 cm³/mol. The number of aromatic nitrogens is 2. The van der Waals surface area contributed by atoms with Gasteiger partial charge in [0.1, 0.15) is 5.82 Å². The molecule has 5 nitrogen and oxygen atoms in total. The Hall–Kier alpha value is -2.34. The minimum absolute atomic E-state index is 0.309. The Bertz CT molecular complexity index is 583. The third-order valence-electron chi connectivity index (χ3n) is 2.46. The van der Waals surface area contributed by atoms with Gasteiger partial charge < -0.3 is 0 Å². The molecule has 1 heterocycles. The van der Waals surface area contributed by atoms with E-state index >= 15 is 0 Å². The van der Waals surface area contributed by atoms with Gasteiger partial charge in [0.05, 0.1) is 11.3 Å². The summed E-state index contributed by atoms with van der Waals surface area (Å²) in [5, 5.41) is 0. The molecule has 3 N–H and O–H groups in total. The molecule has 1 amide bonds. The second-order valence-corrected chi connectivity index (χ2v) is 3.67. The van der Waals surface area contributed by atoms with Gasteiger partial charge in [-0.3, -0.25) is 10.2 Å². The Kier molecular flexibility index (Phi) is 3.29. The van der Waals surface area contributed by atoms with E-state index in [4.69, 9.17) is 5.84 Å². The van der Waals surface area contributed by atoms with E-state index in [0.29, 0.717) is 22.6 Å². The Balaban J connectivity index is 2.40. The third kappa shape index (κ3) is 2.33. The van der Waals surface area contributed by atoms with Crippen molar-refractivity contribution in [2.24, 2.45) is 5.84 Å². The van der Waals surface area contributed by atoms with Crippen LogP contribution in [0.15, 0.2) is 30.5 Å². The van der Waals surface area contributed by atoms with Gasteiger partial charge in [-0.05, 0) is 31.2 Å². The van der Waals surface area contributed by atoms with Crippen molar-refractivity contribution in [2.75, 3.05) is 0 Å². The van der Waals surface area contributed by atoms with Crippen LogP contribution in [0.4, 0.5) is 4.39 Å². The highest BCUT2D eigenvalue weighted by atomic mass is 19.1. The first-order valence-corrected chi connectivity index (χ1v) is 5.22. The maximum Gasteiger partial charge on any atom is 0.268 e. The summed E-state index contributed by atoms with van der Waals surface area (Å²) in [4.78, 5) is 19.6. The topological polar surface area (TPSA) is 80.9 Å². The van der Waals surface area contributed by atoms with Gasteiger partial charge in [-0.15, -0.1) is 0 Å². The van der Waals surface area contributed by atoms with Gasteiger partial charge in [-0.1, -0.05) is 0 Å². The largest absolute Gasteiger partial charge is 0.290 e. The molecule has 0 saturated carbocycles. The number of nitrogens with one attached hydrogen (secondary N) is 1. The number of hydrogen-bond acceptors (Lipinski definition) is 4. The zero-order chi connectivity index (χ0) is 13.1. The van der Waals surface area contributed by atoms with Crippen LogP contribution in [-0.2, 0) is 0 Å². The minimum Gasteiger partial charge on any atom is -0.290 e. The Morgan fingerprint density at radius 1 is 1.33 bits per heavy atom. The monoisotopic (exact) mass is 246 g/mol. The summed E-state index contributed by atoms with van der Waals surface area (Å²) in [7, 11) is 0. The number of nitrogens with two attached hydrogens (primary N) is 1. The van der Waals surface area contributed by atoms with Crippen LogP contribution in [0.1, 0.15) is 16.1 Å². The summed E-state index contributed by atoms with van der Waals surface area (Å²) >= 11 is 0. The van der Waals surface area contributed by atoms with Crippen LogP contribution < -0.4 is 11.3 Å². The van der Waals surface area contributed by atoms with E-state index in [2.05, 4.69) is 9.97 Å². The smallest absolute Gasteiger partial charge is 0.268 e. The van der Waals surface area contributed by atoms with E-state index in [-0.39, 0.29) is 5.82 Å². The molecule has 0 aliphatic heterocycles. The lowest BCUT2D eigenvalue weighted by Crippen LogP contribution is -2.31. The standard InChI is InChI=1S/C12H11FN4O/c1-7-10(12(18)17-14)6-15-11(16-7)8-2-4-9(13)5-3-8/h2-6H,14H2,1H3,(H,17,18). The van der Waals surface area contributed by atoms with Crippen LogP contribution in [0.2, 0.25) is 0 Å². The molecule has 0 radical (unpaired) electrons. The van der Waals surface area contributed by atoms with Crippen LogP contribution in [0.5, 0.6) is 0 Å². The lowest BCUT2D eigenvalue weighted by atomic mass is 10.2. The average Bonchev–Trinajstić information content (AvgIpc) is 2.38. The summed E-state index contributed by atoms with van der Waals surface area (Å²) in [5.41, 5.74) is 3.52. The lowest BCUT2D eigenvalue weighted by molar-refractivity contribution is 0.0952. The van der Waals surface area contributed by atoms with Crippen LogP contribution in [0.25, 0.3) is 11.4 Å². The summed E-state index contributed by atoms with van der Waals surface area (Å²) in [6.07, 6.45) is 1.39. The Morgan fingerprint density at radius 3 is 2.56 bits per heavy atom. The third-order valence-corrected chi connectivity index (χ3v) is 2.46. The lowest BCUT2D eigenvalue weighted by Gasteiger charge is -2.05. The van der Waals surface area contributed by atoms with Crippen LogP contribution in [-0.4, -0.2) is 15.9 Å². The molecule has 92 valence electrons. The minimum atomic E-state index is -0.446. The van der Waals surface area contributed by atoms with Crippen molar-refractivity contribution in [1.82, 2.24) is 15.4 Å². The number of hydrogen-bond donors (Lipinski definition) is 2. The number of amides is 1. The fraction of sp³-hybridized carbons (Fsp3) is 0.0833. The Morgan fingerprint density at radius 2 is 2.00 bits per heavy atom. The highest BCUT2D eigenvalue weighted by Gasteiger charge is 2.11. The molecule has 18 heavy (non-hydrogen) atoms. The normalized spacial score (nSPS) is 10.2. The fourth-order valence-electron chi connectivity index (χ4n) is 1.51. The van der Waals surface area contributed by atoms with Gasteiger partial charge in [0.15, 0.2) is 5.82 Å². The summed E-state index contributed by atoms with van der Waals surface area (Å²) < 4.78 is 12.8. The molecule has 0 fully saturated rings. The van der Waals surface area contributed by atoms with Gasteiger partial charge in [-0.2, -0.15) is 0 Å². The SMILES string of the molecule is Cc1nc(-c2ccc(F)cc2)ncc1C(=O)NN.